The van der Waals surface area contributed by atoms with E-state index in [1.54, 1.807) is 7.11 Å². The first kappa shape index (κ1) is 12.8. The number of rotatable bonds is 5. The van der Waals surface area contributed by atoms with E-state index < -0.39 is 0 Å². The van der Waals surface area contributed by atoms with Gasteiger partial charge in [0.25, 0.3) is 0 Å². The van der Waals surface area contributed by atoms with Crippen molar-refractivity contribution in [3.05, 3.63) is 0 Å². The van der Waals surface area contributed by atoms with E-state index >= 15 is 0 Å². The van der Waals surface area contributed by atoms with E-state index in [4.69, 9.17) is 9.47 Å². The molecule has 98 valence electrons. The lowest BCUT2D eigenvalue weighted by molar-refractivity contribution is -0.128. The number of hydrogen-bond donors (Lipinski definition) is 2. The zero-order valence-corrected chi connectivity index (χ0v) is 10.6. The Balaban J connectivity index is 1.78. The van der Waals surface area contributed by atoms with E-state index in [1.165, 1.54) is 0 Å². The molecule has 2 atom stereocenters. The van der Waals surface area contributed by atoms with Crippen molar-refractivity contribution in [2.75, 3.05) is 40.0 Å². The lowest BCUT2D eigenvalue weighted by Crippen LogP contribution is -2.52. The van der Waals surface area contributed by atoms with E-state index in [2.05, 4.69) is 10.6 Å². The van der Waals surface area contributed by atoms with Gasteiger partial charge in [0.15, 0.2) is 0 Å². The summed E-state index contributed by atoms with van der Waals surface area (Å²) in [5.74, 6) is 0.681. The van der Waals surface area contributed by atoms with Crippen LogP contribution in [0.3, 0.4) is 0 Å². The van der Waals surface area contributed by atoms with Crippen molar-refractivity contribution in [2.45, 2.75) is 18.9 Å². The molecule has 0 aromatic rings. The minimum atomic E-state index is -0.312. The van der Waals surface area contributed by atoms with E-state index in [9.17, 15) is 4.79 Å². The summed E-state index contributed by atoms with van der Waals surface area (Å²) < 4.78 is 10.8. The molecular weight excluding hydrogens is 220 g/mol. The van der Waals surface area contributed by atoms with Gasteiger partial charge in [-0.2, -0.15) is 0 Å². The summed E-state index contributed by atoms with van der Waals surface area (Å²) in [4.78, 5) is 12.0. The quantitative estimate of drug-likeness (QED) is 0.699. The monoisotopic (exact) mass is 242 g/mol. The van der Waals surface area contributed by atoms with Crippen molar-refractivity contribution >= 4 is 5.91 Å². The second-order valence-electron chi connectivity index (χ2n) is 5.11. The number of amides is 1. The molecule has 2 unspecified atom stereocenters. The van der Waals surface area contributed by atoms with Crippen molar-refractivity contribution in [1.82, 2.24) is 10.6 Å². The summed E-state index contributed by atoms with van der Waals surface area (Å²) >= 11 is 0. The zero-order valence-electron chi connectivity index (χ0n) is 10.6. The first-order chi connectivity index (χ1) is 8.17. The van der Waals surface area contributed by atoms with Crippen molar-refractivity contribution in [3.8, 4) is 0 Å². The standard InChI is InChI=1S/C12H22N2O3/c1-9(10-5-13-6-10)11(15)14-7-12(16-2)3-4-17-8-12/h9-10,13H,3-8H2,1-2H3,(H,14,15). The fourth-order valence-electron chi connectivity index (χ4n) is 2.25. The van der Waals surface area contributed by atoms with Crippen molar-refractivity contribution in [1.29, 1.82) is 0 Å². The van der Waals surface area contributed by atoms with Crippen LogP contribution in [0.15, 0.2) is 0 Å². The molecule has 2 N–H and O–H groups in total. The summed E-state index contributed by atoms with van der Waals surface area (Å²) in [5.41, 5.74) is -0.312. The second kappa shape index (κ2) is 5.33. The topological polar surface area (TPSA) is 59.6 Å². The number of carbonyl (C=O) groups excluding carboxylic acids is 1. The predicted molar refractivity (Wildman–Crippen MR) is 63.7 cm³/mol. The average molecular weight is 242 g/mol. The number of carbonyl (C=O) groups is 1. The van der Waals surface area contributed by atoms with Gasteiger partial charge in [0.2, 0.25) is 5.91 Å². The van der Waals surface area contributed by atoms with Gasteiger partial charge in [-0.05, 0) is 19.0 Å². The highest BCUT2D eigenvalue weighted by molar-refractivity contribution is 5.78. The average Bonchev–Trinajstić information content (AvgIpc) is 2.73. The molecule has 17 heavy (non-hydrogen) atoms. The molecular formula is C12H22N2O3. The van der Waals surface area contributed by atoms with Crippen molar-refractivity contribution < 1.29 is 14.3 Å². The second-order valence-corrected chi connectivity index (χ2v) is 5.11. The van der Waals surface area contributed by atoms with Gasteiger partial charge in [0.05, 0.1) is 6.61 Å². The highest BCUT2D eigenvalue weighted by atomic mass is 16.5. The highest BCUT2D eigenvalue weighted by Gasteiger charge is 2.36. The van der Waals surface area contributed by atoms with Crippen LogP contribution in [0.2, 0.25) is 0 Å². The summed E-state index contributed by atoms with van der Waals surface area (Å²) in [6, 6.07) is 0. The van der Waals surface area contributed by atoms with Crippen LogP contribution in [0.4, 0.5) is 0 Å². The Bertz CT molecular complexity index is 273. The molecule has 0 bridgehead atoms. The van der Waals surface area contributed by atoms with Crippen LogP contribution >= 0.6 is 0 Å². The van der Waals surface area contributed by atoms with Gasteiger partial charge in [-0.1, -0.05) is 6.92 Å². The van der Waals surface area contributed by atoms with E-state index in [0.717, 1.165) is 19.5 Å². The smallest absolute Gasteiger partial charge is 0.223 e. The fourth-order valence-corrected chi connectivity index (χ4v) is 2.25. The molecule has 0 aliphatic carbocycles. The SMILES string of the molecule is COC1(CNC(=O)C(C)C2CNC2)CCOC1. The van der Waals surface area contributed by atoms with Crippen LogP contribution in [0.5, 0.6) is 0 Å². The van der Waals surface area contributed by atoms with Gasteiger partial charge >= 0.3 is 0 Å². The van der Waals surface area contributed by atoms with Gasteiger partial charge in [0, 0.05) is 32.6 Å². The molecule has 1 amide bonds. The summed E-state index contributed by atoms with van der Waals surface area (Å²) in [6.07, 6.45) is 0.850. The first-order valence-electron chi connectivity index (χ1n) is 6.28. The van der Waals surface area contributed by atoms with Crippen molar-refractivity contribution in [3.63, 3.8) is 0 Å². The molecule has 0 radical (unpaired) electrons. The Hall–Kier alpha value is -0.650. The molecule has 2 heterocycles. The predicted octanol–water partition coefficient (Wildman–Crippen LogP) is -0.236. The summed E-state index contributed by atoms with van der Waals surface area (Å²) in [6.45, 7) is 5.73. The molecule has 2 saturated heterocycles. The molecule has 0 saturated carbocycles. The van der Waals surface area contributed by atoms with E-state index in [-0.39, 0.29) is 17.4 Å². The number of hydrogen-bond acceptors (Lipinski definition) is 4. The van der Waals surface area contributed by atoms with Crippen LogP contribution in [0, 0.1) is 11.8 Å². The minimum Gasteiger partial charge on any atom is -0.378 e. The van der Waals surface area contributed by atoms with Crippen LogP contribution in [0.1, 0.15) is 13.3 Å². The first-order valence-corrected chi connectivity index (χ1v) is 6.28. The zero-order chi connectivity index (χ0) is 12.3. The maximum atomic E-state index is 12.0. The molecule has 2 rings (SSSR count). The van der Waals surface area contributed by atoms with Crippen LogP contribution < -0.4 is 10.6 Å². The lowest BCUT2D eigenvalue weighted by atomic mass is 9.88. The Labute approximate surface area is 102 Å². The molecule has 5 nitrogen and oxygen atoms in total. The third kappa shape index (κ3) is 2.78. The summed E-state index contributed by atoms with van der Waals surface area (Å²) in [7, 11) is 1.68. The normalized spacial score (nSPS) is 30.9. The number of ether oxygens (including phenoxy) is 2. The van der Waals surface area contributed by atoms with Crippen LogP contribution in [0.25, 0.3) is 0 Å². The Morgan fingerprint density at radius 2 is 2.41 bits per heavy atom. The largest absolute Gasteiger partial charge is 0.378 e. The Kier molecular flexibility index (Phi) is 4.01. The number of methoxy groups -OCH3 is 1. The molecule has 2 aliphatic heterocycles. The van der Waals surface area contributed by atoms with Gasteiger partial charge in [-0.3, -0.25) is 4.79 Å². The third-order valence-corrected chi connectivity index (χ3v) is 4.02. The molecule has 2 aliphatic rings. The highest BCUT2D eigenvalue weighted by Crippen LogP contribution is 2.22. The van der Waals surface area contributed by atoms with Crippen molar-refractivity contribution in [2.24, 2.45) is 11.8 Å². The van der Waals surface area contributed by atoms with Crippen LogP contribution in [-0.2, 0) is 14.3 Å². The van der Waals surface area contributed by atoms with Gasteiger partial charge < -0.3 is 20.1 Å². The van der Waals surface area contributed by atoms with Gasteiger partial charge in [-0.25, -0.2) is 0 Å². The molecule has 5 heteroatoms. The lowest BCUT2D eigenvalue weighted by Gasteiger charge is -2.33. The maximum absolute atomic E-state index is 12.0. The van der Waals surface area contributed by atoms with Gasteiger partial charge in [0.1, 0.15) is 5.60 Å². The molecule has 0 spiro atoms. The Morgan fingerprint density at radius 3 is 2.88 bits per heavy atom. The minimum absolute atomic E-state index is 0.0764. The summed E-state index contributed by atoms with van der Waals surface area (Å²) in [5, 5.41) is 6.18. The molecule has 0 aromatic carbocycles. The molecule has 2 fully saturated rings. The van der Waals surface area contributed by atoms with E-state index in [0.29, 0.717) is 25.7 Å². The molecule has 0 aromatic heterocycles. The fraction of sp³-hybridized carbons (Fsp3) is 0.917. The maximum Gasteiger partial charge on any atom is 0.223 e. The number of nitrogens with one attached hydrogen (secondary N) is 2. The van der Waals surface area contributed by atoms with Crippen LogP contribution in [-0.4, -0.2) is 51.5 Å². The third-order valence-electron chi connectivity index (χ3n) is 4.02. The van der Waals surface area contributed by atoms with E-state index in [1.807, 2.05) is 6.92 Å². The Morgan fingerprint density at radius 1 is 1.65 bits per heavy atom. The van der Waals surface area contributed by atoms with Gasteiger partial charge in [-0.15, -0.1) is 0 Å².